The van der Waals surface area contributed by atoms with Crippen molar-refractivity contribution in [1.82, 2.24) is 10.5 Å². The van der Waals surface area contributed by atoms with E-state index >= 15 is 0 Å². The fraction of sp³-hybridized carbons (Fsp3) is 0.158. The highest BCUT2D eigenvalue weighted by atomic mass is 16.7. The van der Waals surface area contributed by atoms with Gasteiger partial charge < -0.3 is 24.1 Å². The molecule has 1 aromatic heterocycles. The molecule has 0 fully saturated rings. The molecule has 7 nitrogen and oxygen atoms in total. The van der Waals surface area contributed by atoms with Crippen LogP contribution in [-0.2, 0) is 6.54 Å². The molecule has 0 saturated carbocycles. The lowest BCUT2D eigenvalue weighted by atomic mass is 10.1. The molecular formula is C19H16N2O5. The van der Waals surface area contributed by atoms with Crippen LogP contribution in [0.15, 0.2) is 53.1 Å². The Kier molecular flexibility index (Phi) is 4.18. The van der Waals surface area contributed by atoms with Gasteiger partial charge in [0.25, 0.3) is 5.91 Å². The van der Waals surface area contributed by atoms with Crippen LogP contribution in [0.25, 0.3) is 11.3 Å². The summed E-state index contributed by atoms with van der Waals surface area (Å²) in [5, 5.41) is 6.66. The van der Waals surface area contributed by atoms with Gasteiger partial charge in [0.15, 0.2) is 23.0 Å². The van der Waals surface area contributed by atoms with Gasteiger partial charge in [-0.15, -0.1) is 0 Å². The quantitative estimate of drug-likeness (QED) is 0.760. The lowest BCUT2D eigenvalue weighted by Gasteiger charge is -2.04. The lowest BCUT2D eigenvalue weighted by Crippen LogP contribution is -2.22. The van der Waals surface area contributed by atoms with Crippen molar-refractivity contribution >= 4 is 5.91 Å². The molecule has 0 spiro atoms. The number of methoxy groups -OCH3 is 1. The number of benzene rings is 2. The Morgan fingerprint density at radius 2 is 2.04 bits per heavy atom. The molecule has 1 amide bonds. The normalized spacial score (nSPS) is 12.0. The summed E-state index contributed by atoms with van der Waals surface area (Å²) in [6.45, 7) is 0.563. The third kappa shape index (κ3) is 3.19. The molecule has 0 aliphatic carbocycles. The Labute approximate surface area is 149 Å². The summed E-state index contributed by atoms with van der Waals surface area (Å²) in [5.74, 6) is 2.27. The minimum absolute atomic E-state index is 0.212. The number of nitrogens with one attached hydrogen (secondary N) is 1. The van der Waals surface area contributed by atoms with Crippen LogP contribution < -0.4 is 19.5 Å². The SMILES string of the molecule is COc1cccc(-c2cc(C(=O)NCc3ccc4c(c3)OCO4)no2)c1. The summed E-state index contributed by atoms with van der Waals surface area (Å²) in [4.78, 5) is 12.3. The first-order valence-electron chi connectivity index (χ1n) is 8.01. The van der Waals surface area contributed by atoms with Crippen LogP contribution in [0, 0.1) is 0 Å². The molecule has 1 aliphatic rings. The van der Waals surface area contributed by atoms with Gasteiger partial charge in [0.1, 0.15) is 5.75 Å². The molecule has 0 atom stereocenters. The van der Waals surface area contributed by atoms with E-state index in [0.29, 0.717) is 29.6 Å². The van der Waals surface area contributed by atoms with Gasteiger partial charge in [0.2, 0.25) is 6.79 Å². The number of fused-ring (bicyclic) bond motifs is 1. The smallest absolute Gasteiger partial charge is 0.273 e. The molecule has 1 N–H and O–H groups in total. The summed E-state index contributed by atoms with van der Waals surface area (Å²) in [6, 6.07) is 14.5. The van der Waals surface area contributed by atoms with Crippen LogP contribution >= 0.6 is 0 Å². The molecule has 4 rings (SSSR count). The van der Waals surface area contributed by atoms with Gasteiger partial charge in [-0.1, -0.05) is 23.4 Å². The van der Waals surface area contributed by atoms with E-state index in [0.717, 1.165) is 11.1 Å². The molecule has 0 radical (unpaired) electrons. The number of hydrogen-bond acceptors (Lipinski definition) is 6. The second-order valence-corrected chi connectivity index (χ2v) is 5.68. The highest BCUT2D eigenvalue weighted by Crippen LogP contribution is 2.32. The first-order valence-corrected chi connectivity index (χ1v) is 8.01. The minimum Gasteiger partial charge on any atom is -0.497 e. The molecule has 2 heterocycles. The Morgan fingerprint density at radius 3 is 2.92 bits per heavy atom. The molecule has 1 aliphatic heterocycles. The van der Waals surface area contributed by atoms with E-state index in [2.05, 4.69) is 10.5 Å². The highest BCUT2D eigenvalue weighted by molar-refractivity contribution is 5.93. The van der Waals surface area contributed by atoms with Crippen LogP contribution in [0.5, 0.6) is 17.2 Å². The van der Waals surface area contributed by atoms with Crippen molar-refractivity contribution < 1.29 is 23.5 Å². The fourth-order valence-corrected chi connectivity index (χ4v) is 2.62. The monoisotopic (exact) mass is 352 g/mol. The van der Waals surface area contributed by atoms with Crippen molar-refractivity contribution in [1.29, 1.82) is 0 Å². The van der Waals surface area contributed by atoms with Crippen LogP contribution in [0.4, 0.5) is 0 Å². The predicted molar refractivity (Wildman–Crippen MR) is 92.2 cm³/mol. The van der Waals surface area contributed by atoms with Gasteiger partial charge in [0.05, 0.1) is 7.11 Å². The van der Waals surface area contributed by atoms with Crippen molar-refractivity contribution in [3.63, 3.8) is 0 Å². The number of aromatic nitrogens is 1. The van der Waals surface area contributed by atoms with Crippen molar-refractivity contribution in [2.24, 2.45) is 0 Å². The number of amides is 1. The molecular weight excluding hydrogens is 336 g/mol. The second kappa shape index (κ2) is 6.79. The average Bonchev–Trinajstić information content (AvgIpc) is 3.35. The molecule has 0 bridgehead atoms. The van der Waals surface area contributed by atoms with Gasteiger partial charge in [-0.05, 0) is 29.8 Å². The Hall–Kier alpha value is -3.48. The third-order valence-electron chi connectivity index (χ3n) is 3.99. The van der Waals surface area contributed by atoms with Crippen LogP contribution in [0.2, 0.25) is 0 Å². The van der Waals surface area contributed by atoms with E-state index in [1.807, 2.05) is 42.5 Å². The second-order valence-electron chi connectivity index (χ2n) is 5.68. The number of nitrogens with zero attached hydrogens (tertiary/aromatic N) is 1. The van der Waals surface area contributed by atoms with Crippen LogP contribution in [0.1, 0.15) is 16.1 Å². The zero-order chi connectivity index (χ0) is 17.9. The fourth-order valence-electron chi connectivity index (χ4n) is 2.62. The first kappa shape index (κ1) is 16.0. The van der Waals surface area contributed by atoms with E-state index in [4.69, 9.17) is 18.7 Å². The summed E-state index contributed by atoms with van der Waals surface area (Å²) >= 11 is 0. The summed E-state index contributed by atoms with van der Waals surface area (Å²) in [6.07, 6.45) is 0. The van der Waals surface area contributed by atoms with Crippen molar-refractivity contribution in [3.05, 3.63) is 59.8 Å². The lowest BCUT2D eigenvalue weighted by molar-refractivity contribution is 0.0942. The van der Waals surface area contributed by atoms with E-state index in [1.165, 1.54) is 0 Å². The molecule has 2 aromatic carbocycles. The Morgan fingerprint density at radius 1 is 1.15 bits per heavy atom. The number of carbonyl (C=O) groups is 1. The maximum Gasteiger partial charge on any atom is 0.273 e. The standard InChI is InChI=1S/C19H16N2O5/c1-23-14-4-2-3-13(8-14)17-9-15(21-26-17)19(22)20-10-12-5-6-16-18(7-12)25-11-24-16/h2-9H,10-11H2,1H3,(H,20,22). The van der Waals surface area contributed by atoms with Crippen LogP contribution in [-0.4, -0.2) is 25.0 Å². The third-order valence-corrected chi connectivity index (χ3v) is 3.99. The maximum atomic E-state index is 12.3. The van der Waals surface area contributed by atoms with Gasteiger partial charge in [0, 0.05) is 18.2 Å². The molecule has 0 unspecified atom stereocenters. The van der Waals surface area contributed by atoms with Crippen LogP contribution in [0.3, 0.4) is 0 Å². The molecule has 26 heavy (non-hydrogen) atoms. The van der Waals surface area contributed by atoms with E-state index in [1.54, 1.807) is 13.2 Å². The number of carbonyl (C=O) groups excluding carboxylic acids is 1. The Balaban J connectivity index is 1.43. The Bertz CT molecular complexity index is 951. The van der Waals surface area contributed by atoms with Gasteiger partial charge in [-0.2, -0.15) is 0 Å². The zero-order valence-corrected chi connectivity index (χ0v) is 14.0. The van der Waals surface area contributed by atoms with E-state index < -0.39 is 0 Å². The molecule has 7 heteroatoms. The van der Waals surface area contributed by atoms with Gasteiger partial charge in [-0.25, -0.2) is 0 Å². The van der Waals surface area contributed by atoms with Crippen molar-refractivity contribution in [2.45, 2.75) is 6.54 Å². The molecule has 132 valence electrons. The summed E-state index contributed by atoms with van der Waals surface area (Å²) in [5.41, 5.74) is 1.90. The zero-order valence-electron chi connectivity index (χ0n) is 14.0. The maximum absolute atomic E-state index is 12.3. The van der Waals surface area contributed by atoms with Crippen molar-refractivity contribution in [2.75, 3.05) is 13.9 Å². The predicted octanol–water partition coefficient (Wildman–Crippen LogP) is 3.01. The minimum atomic E-state index is -0.319. The first-order chi connectivity index (χ1) is 12.7. The van der Waals surface area contributed by atoms with E-state index in [9.17, 15) is 4.79 Å². The summed E-state index contributed by atoms with van der Waals surface area (Å²) < 4.78 is 21.1. The summed E-state index contributed by atoms with van der Waals surface area (Å²) in [7, 11) is 1.59. The van der Waals surface area contributed by atoms with Crippen molar-refractivity contribution in [3.8, 4) is 28.6 Å². The van der Waals surface area contributed by atoms with Gasteiger partial charge >= 0.3 is 0 Å². The number of rotatable bonds is 5. The average molecular weight is 352 g/mol. The topological polar surface area (TPSA) is 82.8 Å². The van der Waals surface area contributed by atoms with E-state index in [-0.39, 0.29) is 18.4 Å². The van der Waals surface area contributed by atoms with Gasteiger partial charge in [-0.3, -0.25) is 4.79 Å². The molecule has 3 aromatic rings. The largest absolute Gasteiger partial charge is 0.497 e. The molecule has 0 saturated heterocycles. The number of ether oxygens (including phenoxy) is 3. The number of hydrogen-bond donors (Lipinski definition) is 1. The highest BCUT2D eigenvalue weighted by Gasteiger charge is 2.16.